The zero-order chi connectivity index (χ0) is 20.4. The highest BCUT2D eigenvalue weighted by Gasteiger charge is 2.40. The molecule has 0 bridgehead atoms. The number of carbonyl (C=O) groups is 2. The second-order valence-electron chi connectivity index (χ2n) is 9.78. The molecule has 0 aliphatic carbocycles. The summed E-state index contributed by atoms with van der Waals surface area (Å²) in [5.74, 6) is -1.43. The van der Waals surface area contributed by atoms with E-state index in [2.05, 4.69) is 55.4 Å². The molecule has 0 aliphatic heterocycles. The van der Waals surface area contributed by atoms with E-state index in [0.29, 0.717) is 26.1 Å². The van der Waals surface area contributed by atoms with Gasteiger partial charge in [0.05, 0.1) is 25.0 Å². The molecule has 154 valence electrons. The Morgan fingerprint density at radius 1 is 0.692 bits per heavy atom. The summed E-state index contributed by atoms with van der Waals surface area (Å²) in [5.41, 5.74) is -0.150. The molecule has 0 rings (SSSR count). The quantitative estimate of drug-likeness (QED) is 0.342. The fourth-order valence-corrected chi connectivity index (χ4v) is 2.95. The number of hydrogen-bond acceptors (Lipinski definition) is 4. The van der Waals surface area contributed by atoms with Crippen molar-refractivity contribution in [3.63, 3.8) is 0 Å². The molecular formula is C22H42O4. The summed E-state index contributed by atoms with van der Waals surface area (Å²) in [7, 11) is 0. The molecule has 0 radical (unpaired) electrons. The lowest BCUT2D eigenvalue weighted by atomic mass is 9.73. The Morgan fingerprint density at radius 2 is 1.00 bits per heavy atom. The molecular weight excluding hydrogens is 328 g/mol. The van der Waals surface area contributed by atoms with E-state index in [4.69, 9.17) is 9.47 Å². The topological polar surface area (TPSA) is 52.6 Å². The molecule has 0 N–H and O–H groups in total. The second-order valence-corrected chi connectivity index (χ2v) is 9.78. The van der Waals surface area contributed by atoms with Crippen molar-refractivity contribution in [3.05, 3.63) is 0 Å². The Kier molecular flexibility index (Phi) is 11.1. The highest BCUT2D eigenvalue weighted by atomic mass is 16.5. The first-order valence-electron chi connectivity index (χ1n) is 10.2. The van der Waals surface area contributed by atoms with Crippen molar-refractivity contribution in [1.29, 1.82) is 0 Å². The van der Waals surface area contributed by atoms with Gasteiger partial charge in [-0.25, -0.2) is 0 Å². The van der Waals surface area contributed by atoms with Gasteiger partial charge in [0.1, 0.15) is 0 Å². The van der Waals surface area contributed by atoms with E-state index in [9.17, 15) is 9.59 Å². The Hall–Kier alpha value is -1.06. The third-order valence-corrected chi connectivity index (χ3v) is 4.24. The van der Waals surface area contributed by atoms with E-state index in [1.807, 2.05) is 0 Å². The zero-order valence-corrected chi connectivity index (χ0v) is 18.4. The number of esters is 2. The lowest BCUT2D eigenvalue weighted by molar-refractivity contribution is -0.163. The second kappa shape index (κ2) is 11.6. The summed E-state index contributed by atoms with van der Waals surface area (Å²) < 4.78 is 11.0. The van der Waals surface area contributed by atoms with Crippen LogP contribution in [0.15, 0.2) is 0 Å². The molecule has 0 aromatic heterocycles. The molecule has 4 heteroatoms. The van der Waals surface area contributed by atoms with Crippen LogP contribution in [0.4, 0.5) is 0 Å². The average Bonchev–Trinajstić information content (AvgIpc) is 2.49. The summed E-state index contributed by atoms with van der Waals surface area (Å²) in [4.78, 5) is 25.7. The molecule has 0 fully saturated rings. The van der Waals surface area contributed by atoms with Crippen LogP contribution in [0, 0.1) is 22.7 Å². The van der Waals surface area contributed by atoms with Gasteiger partial charge in [0, 0.05) is 0 Å². The maximum Gasteiger partial charge on any atom is 0.309 e. The molecule has 0 aromatic carbocycles. The van der Waals surface area contributed by atoms with Crippen molar-refractivity contribution < 1.29 is 19.1 Å². The van der Waals surface area contributed by atoms with Gasteiger partial charge in [-0.05, 0) is 36.5 Å². The number of carbonyl (C=O) groups excluding carboxylic acids is 2. The van der Waals surface area contributed by atoms with Crippen LogP contribution in [0.25, 0.3) is 0 Å². The molecule has 0 aliphatic rings. The van der Waals surface area contributed by atoms with Crippen LogP contribution >= 0.6 is 0 Å². The molecule has 26 heavy (non-hydrogen) atoms. The van der Waals surface area contributed by atoms with Gasteiger partial charge in [0.2, 0.25) is 0 Å². The van der Waals surface area contributed by atoms with Crippen molar-refractivity contribution in [2.24, 2.45) is 22.7 Å². The molecule has 2 unspecified atom stereocenters. The maximum absolute atomic E-state index is 12.8. The van der Waals surface area contributed by atoms with E-state index in [-0.39, 0.29) is 22.8 Å². The first kappa shape index (κ1) is 24.9. The van der Waals surface area contributed by atoms with E-state index >= 15 is 0 Å². The Bertz CT molecular complexity index is 375. The van der Waals surface area contributed by atoms with Gasteiger partial charge in [-0.15, -0.1) is 0 Å². The summed E-state index contributed by atoms with van der Waals surface area (Å²) >= 11 is 0. The fourth-order valence-electron chi connectivity index (χ4n) is 2.95. The maximum atomic E-state index is 12.8. The number of hydrogen-bond donors (Lipinski definition) is 0. The fraction of sp³-hybridized carbons (Fsp3) is 0.909. The zero-order valence-electron chi connectivity index (χ0n) is 18.4. The minimum absolute atomic E-state index is 0.0751. The third kappa shape index (κ3) is 11.5. The van der Waals surface area contributed by atoms with Gasteiger partial charge in [-0.1, -0.05) is 68.2 Å². The van der Waals surface area contributed by atoms with Gasteiger partial charge >= 0.3 is 11.9 Å². The number of ether oxygens (including phenoxy) is 2. The van der Waals surface area contributed by atoms with Crippen LogP contribution in [0.3, 0.4) is 0 Å². The van der Waals surface area contributed by atoms with Crippen molar-refractivity contribution in [3.8, 4) is 0 Å². The largest absolute Gasteiger partial charge is 0.465 e. The van der Waals surface area contributed by atoms with Crippen LogP contribution in [0.5, 0.6) is 0 Å². The standard InChI is InChI=1S/C22H42O4/c1-9-11-13-25-19(23)17(15-21(3,4)5)18(16-22(6,7)8)20(24)26-14-12-10-2/h17-18H,9-16H2,1-8H3. The monoisotopic (exact) mass is 370 g/mol. The highest BCUT2D eigenvalue weighted by Crippen LogP contribution is 2.37. The molecule has 0 aromatic rings. The molecule has 0 amide bonds. The van der Waals surface area contributed by atoms with E-state index in [1.54, 1.807) is 0 Å². The summed E-state index contributed by atoms with van der Waals surface area (Å²) in [6.45, 7) is 17.5. The average molecular weight is 371 g/mol. The first-order valence-corrected chi connectivity index (χ1v) is 10.2. The molecule has 0 saturated carbocycles. The summed E-state index contributed by atoms with van der Waals surface area (Å²) in [5, 5.41) is 0. The van der Waals surface area contributed by atoms with Crippen LogP contribution in [0.1, 0.15) is 93.9 Å². The predicted molar refractivity (Wildman–Crippen MR) is 107 cm³/mol. The predicted octanol–water partition coefficient (Wildman–Crippen LogP) is 5.78. The minimum Gasteiger partial charge on any atom is -0.465 e. The van der Waals surface area contributed by atoms with Gasteiger partial charge in [0.15, 0.2) is 0 Å². The lowest BCUT2D eigenvalue weighted by Gasteiger charge is -2.33. The summed E-state index contributed by atoms with van der Waals surface area (Å²) in [6, 6.07) is 0. The van der Waals surface area contributed by atoms with Gasteiger partial charge in [-0.2, -0.15) is 0 Å². The molecule has 0 heterocycles. The van der Waals surface area contributed by atoms with E-state index in [0.717, 1.165) is 25.7 Å². The highest BCUT2D eigenvalue weighted by molar-refractivity contribution is 5.82. The number of rotatable bonds is 11. The van der Waals surface area contributed by atoms with Crippen LogP contribution in [-0.4, -0.2) is 25.2 Å². The molecule has 0 spiro atoms. The van der Waals surface area contributed by atoms with E-state index < -0.39 is 11.8 Å². The van der Waals surface area contributed by atoms with Crippen molar-refractivity contribution in [1.82, 2.24) is 0 Å². The Balaban J connectivity index is 5.45. The first-order chi connectivity index (χ1) is 11.9. The molecule has 4 nitrogen and oxygen atoms in total. The van der Waals surface area contributed by atoms with E-state index in [1.165, 1.54) is 0 Å². The van der Waals surface area contributed by atoms with Gasteiger partial charge < -0.3 is 9.47 Å². The Morgan fingerprint density at radius 3 is 1.23 bits per heavy atom. The molecule has 2 atom stereocenters. The van der Waals surface area contributed by atoms with Crippen LogP contribution in [0.2, 0.25) is 0 Å². The van der Waals surface area contributed by atoms with Crippen LogP contribution in [-0.2, 0) is 19.1 Å². The minimum atomic E-state index is -0.458. The normalized spacial score (nSPS) is 14.6. The lowest BCUT2D eigenvalue weighted by Crippen LogP contribution is -2.37. The SMILES string of the molecule is CCCCOC(=O)C(CC(C)(C)C)C(CC(C)(C)C)C(=O)OCCCC. The number of unbranched alkanes of at least 4 members (excludes halogenated alkanes) is 2. The summed E-state index contributed by atoms with van der Waals surface area (Å²) in [6.07, 6.45) is 4.87. The smallest absolute Gasteiger partial charge is 0.309 e. The van der Waals surface area contributed by atoms with Crippen LogP contribution < -0.4 is 0 Å². The van der Waals surface area contributed by atoms with Crippen molar-refractivity contribution in [2.45, 2.75) is 93.9 Å². The Labute approximate surface area is 161 Å². The van der Waals surface area contributed by atoms with Crippen molar-refractivity contribution >= 4 is 11.9 Å². The van der Waals surface area contributed by atoms with Gasteiger partial charge in [0.25, 0.3) is 0 Å². The van der Waals surface area contributed by atoms with Gasteiger partial charge in [-0.3, -0.25) is 9.59 Å². The van der Waals surface area contributed by atoms with Crippen molar-refractivity contribution in [2.75, 3.05) is 13.2 Å². The molecule has 0 saturated heterocycles. The third-order valence-electron chi connectivity index (χ3n) is 4.24.